The SMILES string of the molecule is CCCCC(C)(C)c1ccc(C)cc1. The molecule has 1 aromatic rings. The van der Waals surface area contributed by atoms with Crippen molar-refractivity contribution in [3.63, 3.8) is 0 Å². The van der Waals surface area contributed by atoms with Crippen molar-refractivity contribution in [3.05, 3.63) is 35.4 Å². The summed E-state index contributed by atoms with van der Waals surface area (Å²) in [5.74, 6) is 0. The van der Waals surface area contributed by atoms with Crippen LogP contribution in [-0.4, -0.2) is 0 Å². The lowest BCUT2D eigenvalue weighted by Crippen LogP contribution is -2.16. The van der Waals surface area contributed by atoms with Gasteiger partial charge >= 0.3 is 0 Å². The Morgan fingerprint density at radius 2 is 1.64 bits per heavy atom. The topological polar surface area (TPSA) is 0 Å². The minimum atomic E-state index is 0.337. The first-order valence-corrected chi connectivity index (χ1v) is 5.63. The third-order valence-electron chi connectivity index (χ3n) is 2.99. The number of aryl methyl sites for hydroxylation is 1. The average molecular weight is 190 g/mol. The molecule has 0 heteroatoms. The van der Waals surface area contributed by atoms with Gasteiger partial charge in [-0.2, -0.15) is 0 Å². The number of rotatable bonds is 4. The van der Waals surface area contributed by atoms with Crippen LogP contribution < -0.4 is 0 Å². The molecule has 0 N–H and O–H groups in total. The van der Waals surface area contributed by atoms with E-state index in [1.807, 2.05) is 0 Å². The van der Waals surface area contributed by atoms with E-state index in [-0.39, 0.29) is 0 Å². The molecule has 14 heavy (non-hydrogen) atoms. The fourth-order valence-corrected chi connectivity index (χ4v) is 1.77. The van der Waals surface area contributed by atoms with E-state index < -0.39 is 0 Å². The van der Waals surface area contributed by atoms with Crippen LogP contribution in [0, 0.1) is 6.92 Å². The summed E-state index contributed by atoms with van der Waals surface area (Å²) in [6, 6.07) is 8.96. The van der Waals surface area contributed by atoms with Crippen LogP contribution >= 0.6 is 0 Å². The van der Waals surface area contributed by atoms with Gasteiger partial charge in [-0.3, -0.25) is 0 Å². The largest absolute Gasteiger partial charge is 0.0654 e. The van der Waals surface area contributed by atoms with Gasteiger partial charge in [-0.1, -0.05) is 63.4 Å². The normalized spacial score (nSPS) is 11.7. The molecule has 0 atom stereocenters. The van der Waals surface area contributed by atoms with E-state index in [2.05, 4.69) is 52.0 Å². The Labute approximate surface area is 88.4 Å². The predicted molar refractivity (Wildman–Crippen MR) is 63.7 cm³/mol. The molecule has 1 rings (SSSR count). The van der Waals surface area contributed by atoms with E-state index in [9.17, 15) is 0 Å². The molecule has 78 valence electrons. The maximum absolute atomic E-state index is 2.34. The number of hydrogen-bond acceptors (Lipinski definition) is 0. The van der Waals surface area contributed by atoms with Gasteiger partial charge in [0.25, 0.3) is 0 Å². The molecule has 0 unspecified atom stereocenters. The van der Waals surface area contributed by atoms with Gasteiger partial charge in [0.1, 0.15) is 0 Å². The van der Waals surface area contributed by atoms with Crippen molar-refractivity contribution in [1.82, 2.24) is 0 Å². The van der Waals surface area contributed by atoms with Crippen LogP contribution in [0.15, 0.2) is 24.3 Å². The maximum atomic E-state index is 2.34. The molecule has 0 radical (unpaired) electrons. The summed E-state index contributed by atoms with van der Waals surface area (Å²) in [4.78, 5) is 0. The van der Waals surface area contributed by atoms with Gasteiger partial charge in [-0.25, -0.2) is 0 Å². The third-order valence-corrected chi connectivity index (χ3v) is 2.99. The molecule has 1 aromatic carbocycles. The molecule has 0 aliphatic carbocycles. The van der Waals surface area contributed by atoms with Crippen LogP contribution in [0.5, 0.6) is 0 Å². The third kappa shape index (κ3) is 2.87. The van der Waals surface area contributed by atoms with E-state index in [1.54, 1.807) is 0 Å². The number of benzene rings is 1. The Kier molecular flexibility index (Phi) is 3.74. The zero-order valence-electron chi connectivity index (χ0n) is 9.93. The molecule has 0 saturated heterocycles. The monoisotopic (exact) mass is 190 g/mol. The van der Waals surface area contributed by atoms with Crippen LogP contribution in [0.4, 0.5) is 0 Å². The minimum absolute atomic E-state index is 0.337. The summed E-state index contributed by atoms with van der Waals surface area (Å²) < 4.78 is 0. The molecule has 0 saturated carbocycles. The molecule has 0 heterocycles. The van der Waals surface area contributed by atoms with Crippen LogP contribution in [0.25, 0.3) is 0 Å². The van der Waals surface area contributed by atoms with Crippen LogP contribution in [-0.2, 0) is 5.41 Å². The summed E-state index contributed by atoms with van der Waals surface area (Å²) >= 11 is 0. The fraction of sp³-hybridized carbons (Fsp3) is 0.571. The lowest BCUT2D eigenvalue weighted by molar-refractivity contribution is 0.458. The summed E-state index contributed by atoms with van der Waals surface area (Å²) in [5, 5.41) is 0. The second kappa shape index (κ2) is 4.63. The van der Waals surface area contributed by atoms with E-state index in [1.165, 1.54) is 30.4 Å². The standard InChI is InChI=1S/C14H22/c1-5-6-11-14(3,4)13-9-7-12(2)8-10-13/h7-10H,5-6,11H2,1-4H3. The molecule has 0 bridgehead atoms. The van der Waals surface area contributed by atoms with Gasteiger partial charge in [-0.05, 0) is 24.3 Å². The Morgan fingerprint density at radius 3 is 2.14 bits per heavy atom. The van der Waals surface area contributed by atoms with Gasteiger partial charge in [0.15, 0.2) is 0 Å². The highest BCUT2D eigenvalue weighted by molar-refractivity contribution is 5.27. The second-order valence-electron chi connectivity index (χ2n) is 4.85. The first kappa shape index (κ1) is 11.3. The summed E-state index contributed by atoms with van der Waals surface area (Å²) in [6.07, 6.45) is 3.89. The Hall–Kier alpha value is -0.780. The molecule has 0 nitrogen and oxygen atoms in total. The lowest BCUT2D eigenvalue weighted by atomic mass is 9.80. The van der Waals surface area contributed by atoms with E-state index in [0.717, 1.165) is 0 Å². The summed E-state index contributed by atoms with van der Waals surface area (Å²) in [6.45, 7) is 9.08. The summed E-state index contributed by atoms with van der Waals surface area (Å²) in [5.41, 5.74) is 3.15. The molecule has 0 aliphatic heterocycles. The molecule has 0 fully saturated rings. The highest BCUT2D eigenvalue weighted by Gasteiger charge is 2.18. The van der Waals surface area contributed by atoms with Gasteiger partial charge in [0.2, 0.25) is 0 Å². The quantitative estimate of drug-likeness (QED) is 0.657. The molecule has 0 spiro atoms. The number of unbranched alkanes of at least 4 members (excludes halogenated alkanes) is 1. The van der Waals surface area contributed by atoms with Crippen molar-refractivity contribution >= 4 is 0 Å². The van der Waals surface area contributed by atoms with Crippen molar-refractivity contribution in [2.75, 3.05) is 0 Å². The first-order chi connectivity index (χ1) is 6.56. The van der Waals surface area contributed by atoms with Crippen molar-refractivity contribution in [2.24, 2.45) is 0 Å². The van der Waals surface area contributed by atoms with E-state index in [4.69, 9.17) is 0 Å². The van der Waals surface area contributed by atoms with Crippen molar-refractivity contribution in [1.29, 1.82) is 0 Å². The van der Waals surface area contributed by atoms with Crippen molar-refractivity contribution in [3.8, 4) is 0 Å². The van der Waals surface area contributed by atoms with Crippen LogP contribution in [0.2, 0.25) is 0 Å². The predicted octanol–water partition coefficient (Wildman–Crippen LogP) is 4.46. The van der Waals surface area contributed by atoms with Gasteiger partial charge in [0.05, 0.1) is 0 Å². The molecule has 0 amide bonds. The molecule has 0 aliphatic rings. The van der Waals surface area contributed by atoms with E-state index >= 15 is 0 Å². The summed E-state index contributed by atoms with van der Waals surface area (Å²) in [7, 11) is 0. The first-order valence-electron chi connectivity index (χ1n) is 5.63. The van der Waals surface area contributed by atoms with Crippen LogP contribution in [0.3, 0.4) is 0 Å². The Morgan fingerprint density at radius 1 is 1.07 bits per heavy atom. The molecule has 0 aromatic heterocycles. The van der Waals surface area contributed by atoms with Crippen molar-refractivity contribution < 1.29 is 0 Å². The fourth-order valence-electron chi connectivity index (χ4n) is 1.77. The van der Waals surface area contributed by atoms with Gasteiger partial charge in [0, 0.05) is 0 Å². The molecular weight excluding hydrogens is 168 g/mol. The maximum Gasteiger partial charge on any atom is -0.0104 e. The highest BCUT2D eigenvalue weighted by Crippen LogP contribution is 2.28. The second-order valence-corrected chi connectivity index (χ2v) is 4.85. The van der Waals surface area contributed by atoms with Gasteiger partial charge in [-0.15, -0.1) is 0 Å². The highest BCUT2D eigenvalue weighted by atomic mass is 14.2. The number of hydrogen-bond donors (Lipinski definition) is 0. The minimum Gasteiger partial charge on any atom is -0.0654 e. The zero-order valence-corrected chi connectivity index (χ0v) is 9.93. The average Bonchev–Trinajstić information content (AvgIpc) is 2.16. The van der Waals surface area contributed by atoms with Crippen molar-refractivity contribution in [2.45, 2.75) is 52.4 Å². The Bertz CT molecular complexity index is 267. The Balaban J connectivity index is 2.75. The smallest absolute Gasteiger partial charge is 0.0104 e. The van der Waals surface area contributed by atoms with Gasteiger partial charge < -0.3 is 0 Å². The van der Waals surface area contributed by atoms with E-state index in [0.29, 0.717) is 5.41 Å². The van der Waals surface area contributed by atoms with Crippen LogP contribution in [0.1, 0.15) is 51.2 Å². The molecular formula is C14H22. The lowest BCUT2D eigenvalue weighted by Gasteiger charge is -2.25. The zero-order chi connectivity index (χ0) is 10.6.